The quantitative estimate of drug-likeness (QED) is 0.348. The molecule has 0 aliphatic carbocycles. The Bertz CT molecular complexity index is 58.7. The number of hydrogen-bond acceptors (Lipinski definition) is 2. The van der Waals surface area contributed by atoms with Crippen LogP contribution in [-0.4, -0.2) is 10.8 Å². The number of hydrogen-bond donors (Lipinski definition) is 1. The van der Waals surface area contributed by atoms with Gasteiger partial charge in [-0.25, -0.2) is 3.15 Å². The fourth-order valence-electron chi connectivity index (χ4n) is 0.0230. The molecular weight excluding hydrogens is 169 g/mol. The molecule has 1 unspecified atom stereocenters. The van der Waals surface area contributed by atoms with Gasteiger partial charge >= 0.3 is 0 Å². The molecule has 0 amide bonds. The summed E-state index contributed by atoms with van der Waals surface area (Å²) < 4.78 is 9.91. The summed E-state index contributed by atoms with van der Waals surface area (Å²) in [5.41, 5.74) is 0. The zero-order valence-electron chi connectivity index (χ0n) is 2.81. The summed E-state index contributed by atoms with van der Waals surface area (Å²) in [5.74, 6) is 0. The van der Waals surface area contributed by atoms with E-state index in [-0.39, 0.29) is 25.3 Å². The molecule has 3 heteroatoms. The van der Waals surface area contributed by atoms with Gasteiger partial charge in [0.15, 0.2) is 0 Å². The lowest BCUT2D eigenvalue weighted by molar-refractivity contribution is 0.304. The van der Waals surface area contributed by atoms with Crippen LogP contribution in [0.15, 0.2) is 3.15 Å². The van der Waals surface area contributed by atoms with Crippen molar-refractivity contribution < 1.29 is 5.11 Å². The normalized spacial score (nSPS) is 41.0. The van der Waals surface area contributed by atoms with Gasteiger partial charge in [-0.1, -0.05) is 0 Å². The molecule has 0 aromatic rings. The van der Waals surface area contributed by atoms with Crippen LogP contribution in [0.25, 0.3) is 0 Å². The van der Waals surface area contributed by atoms with E-state index in [2.05, 4.69) is 8.25 Å². The van der Waals surface area contributed by atoms with E-state index in [4.69, 9.17) is 1.43 Å². The van der Waals surface area contributed by atoms with Gasteiger partial charge in [-0.15, -0.1) is 0 Å². The predicted molar refractivity (Wildman–Crippen MR) is 22.5 cm³/mol. The third-order valence-corrected chi connectivity index (χ3v) is 1.19. The number of rotatable bonds is 1. The van der Waals surface area contributed by atoms with E-state index in [1.165, 1.54) is 0 Å². The van der Waals surface area contributed by atoms with Crippen LogP contribution in [0.2, 0.25) is 0 Å². The van der Waals surface area contributed by atoms with Crippen molar-refractivity contribution in [3.8, 4) is 0 Å². The molecule has 0 fully saturated rings. The molecule has 1 atom stereocenters. The Morgan fingerprint density at radius 2 is 3.25 bits per heavy atom. The third-order valence-electron chi connectivity index (χ3n) is 0.177. The lowest BCUT2D eigenvalue weighted by Crippen LogP contribution is -1.65. The van der Waals surface area contributed by atoms with Crippen LogP contribution >= 0.6 is 21.0 Å². The first-order chi connectivity index (χ1) is 2.43. The molecule has 0 saturated heterocycles. The molecule has 4 heavy (non-hydrogen) atoms. The van der Waals surface area contributed by atoms with Gasteiger partial charge in [-0.05, 0) is 0 Å². The average molecular weight is 173 g/mol. The number of nitrogens with zero attached hydrogens (tertiary/aromatic N) is 1. The minimum atomic E-state index is -0.0107. The Balaban J connectivity index is 2.06. The molecule has 0 aromatic heterocycles. The fourth-order valence-corrected chi connectivity index (χ4v) is 0.154. The van der Waals surface area contributed by atoms with Crippen LogP contribution in [0.3, 0.4) is 0 Å². The molecule has 1 aliphatic rings. The first-order valence-corrected chi connectivity index (χ1v) is 3.09. The molecule has 0 bridgehead atoms. The highest BCUT2D eigenvalue weighted by atomic mass is 127. The minimum absolute atomic E-state index is 0.0107. The molecular formula is CH2INO. The topological polar surface area (TPSA) is 32.6 Å². The Morgan fingerprint density at radius 1 is 2.50 bits per heavy atom. The molecule has 0 radical (unpaired) electrons. The van der Waals surface area contributed by atoms with E-state index in [9.17, 15) is 0 Å². The number of halogens is 1. The maximum Gasteiger partial charge on any atom is 0.214 e. The standard InChI is InChI=1S/CH2INO/c4-1-2-3-1/h1,4H/i4T. The van der Waals surface area contributed by atoms with Gasteiger partial charge in [0.25, 0.3) is 0 Å². The smallest absolute Gasteiger partial charge is 0.214 e. The van der Waals surface area contributed by atoms with Crippen molar-refractivity contribution in [1.82, 2.24) is 0 Å². The molecule has 2 nitrogen and oxygen atoms in total. The van der Waals surface area contributed by atoms with E-state index >= 15 is 0 Å². The van der Waals surface area contributed by atoms with Crippen LogP contribution in [0.1, 0.15) is 0 Å². The predicted octanol–water partition coefficient (Wildman–Crippen LogP) is 0.430. The van der Waals surface area contributed by atoms with Crippen LogP contribution in [0.4, 0.5) is 0 Å². The second kappa shape index (κ2) is 0.718. The molecule has 0 spiro atoms. The largest absolute Gasteiger partial charge is 0.363 e. The van der Waals surface area contributed by atoms with Crippen molar-refractivity contribution in [2.24, 2.45) is 3.15 Å². The number of alkyl halides is 1. The summed E-state index contributed by atoms with van der Waals surface area (Å²) in [6.45, 7) is 0. The lowest BCUT2D eigenvalue weighted by atomic mass is 11.4. The van der Waals surface area contributed by atoms with Gasteiger partial charge in [0.1, 0.15) is 0 Å². The maximum atomic E-state index is 6.15. The van der Waals surface area contributed by atoms with E-state index in [0.717, 1.165) is 0 Å². The molecule has 1 rings (SSSR count). The summed E-state index contributed by atoms with van der Waals surface area (Å²) in [5, 5.41) is 3.99. The summed E-state index contributed by atoms with van der Waals surface area (Å²) in [4.78, 5) is 0. The number of aliphatic hydroxyl groups is 1. The summed E-state index contributed by atoms with van der Waals surface area (Å²) in [6.07, 6.45) is 0. The van der Waals surface area contributed by atoms with E-state index in [0.29, 0.717) is 0 Å². The van der Waals surface area contributed by atoms with Crippen molar-refractivity contribution in [2.75, 3.05) is 0 Å². The zero-order valence-corrected chi connectivity index (χ0v) is 3.97. The highest BCUT2D eigenvalue weighted by Gasteiger charge is 2.04. The Morgan fingerprint density at radius 3 is 3.25 bits per heavy atom. The summed E-state index contributed by atoms with van der Waals surface area (Å²) in [6, 6.07) is 0. The van der Waals surface area contributed by atoms with Gasteiger partial charge < -0.3 is 5.11 Å². The zero-order chi connectivity index (χ0) is 3.70. The molecule has 1 aliphatic heterocycles. The lowest BCUT2D eigenvalue weighted by Gasteiger charge is -1.55. The van der Waals surface area contributed by atoms with Crippen molar-refractivity contribution in [3.63, 3.8) is 0 Å². The summed E-state index contributed by atoms with van der Waals surface area (Å²) in [7, 11) is 0. The third kappa shape index (κ3) is 0.454. The van der Waals surface area contributed by atoms with Gasteiger partial charge in [-0.2, -0.15) is 0 Å². The fraction of sp³-hybridized carbons (Fsp3) is 1.00. The second-order valence-corrected chi connectivity index (χ2v) is 2.67. The number of aliphatic hydroxyl groups excluding tert-OH is 1. The van der Waals surface area contributed by atoms with Gasteiger partial charge in [0.05, 0.1) is 21.0 Å². The van der Waals surface area contributed by atoms with Gasteiger partial charge in [0, 0.05) is 0 Å². The van der Waals surface area contributed by atoms with Crippen molar-refractivity contribution >= 4 is 21.0 Å². The van der Waals surface area contributed by atoms with Crippen molar-refractivity contribution in [1.29, 1.82) is 1.43 Å². The van der Waals surface area contributed by atoms with Crippen LogP contribution in [-0.2, 0) is 0 Å². The van der Waals surface area contributed by atoms with Gasteiger partial charge in [0.2, 0.25) is 5.67 Å². The minimum Gasteiger partial charge on any atom is -0.363 e. The first-order valence-electron chi connectivity index (χ1n) is 1.29. The second-order valence-electron chi connectivity index (χ2n) is 0.487. The van der Waals surface area contributed by atoms with Crippen molar-refractivity contribution in [3.05, 3.63) is 0 Å². The molecule has 0 aromatic carbocycles. The van der Waals surface area contributed by atoms with Gasteiger partial charge in [-0.3, -0.25) is 0 Å². The van der Waals surface area contributed by atoms with Crippen LogP contribution < -0.4 is 0 Å². The highest BCUT2D eigenvalue weighted by molar-refractivity contribution is 14.2. The maximum absolute atomic E-state index is 6.15. The van der Waals surface area contributed by atoms with E-state index in [1.54, 1.807) is 0 Å². The molecule has 0 saturated carbocycles. The van der Waals surface area contributed by atoms with E-state index in [1.807, 2.05) is 0 Å². The highest BCUT2D eigenvalue weighted by Crippen LogP contribution is 2.26. The molecule has 24 valence electrons. The van der Waals surface area contributed by atoms with E-state index < -0.39 is 0 Å². The Labute approximate surface area is 35.5 Å². The van der Waals surface area contributed by atoms with Crippen LogP contribution in [0.5, 0.6) is 0 Å². The first kappa shape index (κ1) is 1.81. The summed E-state index contributed by atoms with van der Waals surface area (Å²) >= 11 is -0.0107. The Kier molecular flexibility index (Phi) is 0.326. The molecule has 1 N–H and O–H groups in total. The molecule has 1 heterocycles. The Hall–Kier alpha value is 0.490. The average Bonchev–Trinajstić information content (AvgIpc) is 2.12. The van der Waals surface area contributed by atoms with Crippen molar-refractivity contribution in [2.45, 2.75) is 4.23 Å². The monoisotopic (exact) mass is 173 g/mol. The van der Waals surface area contributed by atoms with Crippen LogP contribution in [0, 0.1) is 0 Å². The SMILES string of the molecule is [3H]OC1N=I1.